The minimum Gasteiger partial charge on any atom is -0.0780 e. The van der Waals surface area contributed by atoms with Gasteiger partial charge in [0, 0.05) is 0 Å². The van der Waals surface area contributed by atoms with Gasteiger partial charge in [-0.05, 0) is 24.8 Å². The average molecular weight is 242 g/mol. The Morgan fingerprint density at radius 2 is 1.71 bits per heavy atom. The van der Waals surface area contributed by atoms with Crippen LogP contribution in [-0.2, 0) is 6.42 Å². The summed E-state index contributed by atoms with van der Waals surface area (Å²) in [6.07, 6.45) is 8.34. The highest BCUT2D eigenvalue weighted by Crippen LogP contribution is 2.26. The predicted octanol–water partition coefficient (Wildman–Crippen LogP) is 4.53. The van der Waals surface area contributed by atoms with Crippen LogP contribution in [0, 0.1) is 12.8 Å². The second kappa shape index (κ2) is 4.65. The second-order valence-corrected chi connectivity index (χ2v) is 11.2. The van der Waals surface area contributed by atoms with E-state index in [0.29, 0.717) is 5.92 Å². The van der Waals surface area contributed by atoms with Crippen molar-refractivity contribution in [2.75, 3.05) is 0 Å². The Morgan fingerprint density at radius 3 is 2.24 bits per heavy atom. The van der Waals surface area contributed by atoms with Crippen LogP contribution < -0.4 is 0 Å². The van der Waals surface area contributed by atoms with E-state index in [4.69, 9.17) is 0 Å². The first kappa shape index (κ1) is 12.4. The summed E-state index contributed by atoms with van der Waals surface area (Å²) < 4.78 is 0. The van der Waals surface area contributed by atoms with Gasteiger partial charge in [-0.2, -0.15) is 0 Å². The third kappa shape index (κ3) is 3.19. The van der Waals surface area contributed by atoms with Gasteiger partial charge in [0.05, 0.1) is 8.07 Å². The monoisotopic (exact) mass is 242 g/mol. The molecule has 0 nitrogen and oxygen atoms in total. The summed E-state index contributed by atoms with van der Waals surface area (Å²) in [4.78, 5) is 0. The summed E-state index contributed by atoms with van der Waals surface area (Å²) in [5.41, 5.74) is 2.78. The number of hydrogen-bond acceptors (Lipinski definition) is 0. The van der Waals surface area contributed by atoms with E-state index in [-0.39, 0.29) is 0 Å². The Balaban J connectivity index is 2.06. The summed E-state index contributed by atoms with van der Waals surface area (Å²) in [6.45, 7) is 9.38. The van der Waals surface area contributed by atoms with Crippen LogP contribution in [0.25, 0.3) is 0 Å². The van der Waals surface area contributed by atoms with E-state index >= 15 is 0 Å². The molecular weight excluding hydrogens is 220 g/mol. The molecule has 0 fully saturated rings. The van der Waals surface area contributed by atoms with Crippen LogP contribution in [0.4, 0.5) is 0 Å². The van der Waals surface area contributed by atoms with Crippen LogP contribution in [0.2, 0.25) is 19.6 Å². The lowest BCUT2D eigenvalue weighted by atomic mass is 10.0. The molecule has 0 aromatic heterocycles. The van der Waals surface area contributed by atoms with Gasteiger partial charge >= 0.3 is 0 Å². The molecule has 1 aliphatic carbocycles. The van der Waals surface area contributed by atoms with Crippen molar-refractivity contribution in [1.82, 2.24) is 0 Å². The number of allylic oxidation sites excluding steroid dienone is 4. The standard InChI is InChI=1S/C16H22Si/c1-13-5-7-14(8-6-13)11-15-9-10-16(12-15)17(2,3)4/h5-10,12,15H,11H2,1-4H3. The molecule has 0 saturated carbocycles. The van der Waals surface area contributed by atoms with Crippen molar-refractivity contribution in [2.45, 2.75) is 33.0 Å². The minimum atomic E-state index is -1.12. The molecule has 0 radical (unpaired) electrons. The van der Waals surface area contributed by atoms with Gasteiger partial charge in [-0.3, -0.25) is 0 Å². The van der Waals surface area contributed by atoms with E-state index in [1.54, 1.807) is 5.20 Å². The highest BCUT2D eigenvalue weighted by atomic mass is 28.3. The van der Waals surface area contributed by atoms with Crippen molar-refractivity contribution in [2.24, 2.45) is 5.92 Å². The SMILES string of the molecule is Cc1ccc(CC2C=CC([Si](C)(C)C)=C2)cc1. The van der Waals surface area contributed by atoms with Crippen molar-refractivity contribution in [1.29, 1.82) is 0 Å². The summed E-state index contributed by atoms with van der Waals surface area (Å²) in [6, 6.07) is 8.92. The van der Waals surface area contributed by atoms with E-state index in [1.807, 2.05) is 0 Å². The molecule has 0 bridgehead atoms. The van der Waals surface area contributed by atoms with Crippen LogP contribution in [0.5, 0.6) is 0 Å². The van der Waals surface area contributed by atoms with Gasteiger partial charge in [-0.15, -0.1) is 0 Å². The molecule has 0 heterocycles. The lowest BCUT2D eigenvalue weighted by Gasteiger charge is -2.16. The maximum absolute atomic E-state index is 2.48. The van der Waals surface area contributed by atoms with Gasteiger partial charge in [0.15, 0.2) is 0 Å². The smallest absolute Gasteiger partial charge is 0.0771 e. The molecule has 1 unspecified atom stereocenters. The first-order valence-electron chi connectivity index (χ1n) is 6.41. The molecule has 1 heteroatoms. The number of hydrogen-bond donors (Lipinski definition) is 0. The zero-order chi connectivity index (χ0) is 12.5. The minimum absolute atomic E-state index is 0.611. The second-order valence-electron chi connectivity index (χ2n) is 6.08. The van der Waals surface area contributed by atoms with E-state index in [0.717, 1.165) is 6.42 Å². The fourth-order valence-electron chi connectivity index (χ4n) is 2.19. The summed E-state index contributed by atoms with van der Waals surface area (Å²) in [5, 5.41) is 1.61. The van der Waals surface area contributed by atoms with Crippen LogP contribution in [-0.4, -0.2) is 8.07 Å². The van der Waals surface area contributed by atoms with Gasteiger partial charge in [0.2, 0.25) is 0 Å². The fourth-order valence-corrected chi connectivity index (χ4v) is 3.50. The van der Waals surface area contributed by atoms with Crippen LogP contribution in [0.15, 0.2) is 47.7 Å². The fraction of sp³-hybridized carbons (Fsp3) is 0.375. The summed E-state index contributed by atoms with van der Waals surface area (Å²) in [5.74, 6) is 0.611. The van der Waals surface area contributed by atoms with E-state index in [9.17, 15) is 0 Å². The van der Waals surface area contributed by atoms with Crippen LogP contribution in [0.1, 0.15) is 11.1 Å². The Hall–Kier alpha value is -1.08. The largest absolute Gasteiger partial charge is 0.0780 e. The van der Waals surface area contributed by atoms with Crippen molar-refractivity contribution in [3.63, 3.8) is 0 Å². The molecule has 1 atom stereocenters. The molecule has 2 rings (SSSR count). The molecule has 1 aromatic carbocycles. The number of rotatable bonds is 3. The first-order valence-corrected chi connectivity index (χ1v) is 9.91. The molecular formula is C16H22Si. The molecule has 0 saturated heterocycles. The van der Waals surface area contributed by atoms with Crippen LogP contribution >= 0.6 is 0 Å². The van der Waals surface area contributed by atoms with Gasteiger partial charge in [-0.1, -0.05) is 72.9 Å². The average Bonchev–Trinajstić information content (AvgIpc) is 2.69. The van der Waals surface area contributed by atoms with E-state index in [2.05, 4.69) is 69.1 Å². The number of benzene rings is 1. The molecule has 0 aliphatic heterocycles. The zero-order valence-corrected chi connectivity index (χ0v) is 12.3. The third-order valence-corrected chi connectivity index (χ3v) is 5.44. The summed E-state index contributed by atoms with van der Waals surface area (Å²) >= 11 is 0. The normalized spacial score (nSPS) is 19.5. The van der Waals surface area contributed by atoms with Crippen molar-refractivity contribution < 1.29 is 0 Å². The molecule has 90 valence electrons. The van der Waals surface area contributed by atoms with Gasteiger partial charge in [-0.25, -0.2) is 0 Å². The molecule has 1 aliphatic rings. The Morgan fingerprint density at radius 1 is 1.06 bits per heavy atom. The Labute approximate surface area is 106 Å². The molecule has 0 spiro atoms. The quantitative estimate of drug-likeness (QED) is 0.683. The van der Waals surface area contributed by atoms with Gasteiger partial charge in [0.25, 0.3) is 0 Å². The molecule has 1 aromatic rings. The molecule has 0 N–H and O–H groups in total. The van der Waals surface area contributed by atoms with Crippen molar-refractivity contribution in [3.8, 4) is 0 Å². The maximum Gasteiger partial charge on any atom is 0.0771 e. The summed E-state index contributed by atoms with van der Waals surface area (Å²) in [7, 11) is -1.12. The van der Waals surface area contributed by atoms with Gasteiger partial charge < -0.3 is 0 Å². The Kier molecular flexibility index (Phi) is 3.39. The molecule has 0 amide bonds. The predicted molar refractivity (Wildman–Crippen MR) is 78.9 cm³/mol. The Bertz CT molecular complexity index is 443. The van der Waals surface area contributed by atoms with Crippen molar-refractivity contribution in [3.05, 3.63) is 58.8 Å². The van der Waals surface area contributed by atoms with Gasteiger partial charge in [0.1, 0.15) is 0 Å². The van der Waals surface area contributed by atoms with Crippen LogP contribution in [0.3, 0.4) is 0 Å². The topological polar surface area (TPSA) is 0 Å². The number of aryl methyl sites for hydroxylation is 1. The maximum atomic E-state index is 2.48. The lowest BCUT2D eigenvalue weighted by Crippen LogP contribution is -2.22. The van der Waals surface area contributed by atoms with E-state index < -0.39 is 8.07 Å². The highest BCUT2D eigenvalue weighted by molar-refractivity contribution is 6.83. The zero-order valence-electron chi connectivity index (χ0n) is 11.3. The first-order chi connectivity index (χ1) is 7.95. The van der Waals surface area contributed by atoms with E-state index in [1.165, 1.54) is 11.1 Å². The highest BCUT2D eigenvalue weighted by Gasteiger charge is 2.21. The molecule has 17 heavy (non-hydrogen) atoms. The lowest BCUT2D eigenvalue weighted by molar-refractivity contribution is 0.815. The third-order valence-electron chi connectivity index (χ3n) is 3.37. The van der Waals surface area contributed by atoms with Crippen molar-refractivity contribution >= 4 is 8.07 Å².